The quantitative estimate of drug-likeness (QED) is 0.820. The normalized spacial score (nSPS) is 10.1. The van der Waals surface area contributed by atoms with E-state index in [0.29, 0.717) is 12.2 Å². The first-order chi connectivity index (χ1) is 7.75. The molecular formula is C12H14N4. The van der Waals surface area contributed by atoms with Crippen molar-refractivity contribution < 1.29 is 0 Å². The Hall–Kier alpha value is -2.10. The fraction of sp³-hybridized carbons (Fsp3) is 0.167. The maximum Gasteiger partial charge on any atom is 0.126 e. The van der Waals surface area contributed by atoms with Crippen LogP contribution in [0.3, 0.4) is 0 Å². The highest BCUT2D eigenvalue weighted by Gasteiger charge is 1.98. The molecule has 16 heavy (non-hydrogen) atoms. The summed E-state index contributed by atoms with van der Waals surface area (Å²) in [5, 5.41) is 3.20. The molecule has 0 amide bonds. The van der Waals surface area contributed by atoms with E-state index in [1.807, 2.05) is 37.3 Å². The van der Waals surface area contributed by atoms with Crippen molar-refractivity contribution in [2.45, 2.75) is 13.5 Å². The molecule has 4 heteroatoms. The molecule has 0 saturated heterocycles. The van der Waals surface area contributed by atoms with Gasteiger partial charge in [-0.15, -0.1) is 0 Å². The second-order valence-electron chi connectivity index (χ2n) is 3.55. The van der Waals surface area contributed by atoms with E-state index < -0.39 is 0 Å². The van der Waals surface area contributed by atoms with Crippen molar-refractivity contribution in [3.05, 3.63) is 47.9 Å². The Kier molecular flexibility index (Phi) is 3.00. The Bertz CT molecular complexity index is 468. The molecule has 0 aliphatic heterocycles. The van der Waals surface area contributed by atoms with Crippen molar-refractivity contribution in [2.24, 2.45) is 0 Å². The summed E-state index contributed by atoms with van der Waals surface area (Å²) in [6.07, 6.45) is 1.78. The minimum Gasteiger partial charge on any atom is -0.397 e. The van der Waals surface area contributed by atoms with Gasteiger partial charge in [0.2, 0.25) is 0 Å². The van der Waals surface area contributed by atoms with Crippen molar-refractivity contribution in [1.29, 1.82) is 0 Å². The van der Waals surface area contributed by atoms with Crippen LogP contribution in [-0.2, 0) is 6.54 Å². The number of hydrogen-bond acceptors (Lipinski definition) is 4. The molecule has 2 heterocycles. The predicted molar refractivity (Wildman–Crippen MR) is 65.0 cm³/mol. The van der Waals surface area contributed by atoms with Crippen LogP contribution < -0.4 is 11.1 Å². The van der Waals surface area contributed by atoms with Gasteiger partial charge in [-0.3, -0.25) is 4.98 Å². The number of aryl methyl sites for hydroxylation is 1. The molecule has 4 nitrogen and oxygen atoms in total. The topological polar surface area (TPSA) is 63.8 Å². The largest absolute Gasteiger partial charge is 0.397 e. The molecule has 0 aliphatic carbocycles. The van der Waals surface area contributed by atoms with Gasteiger partial charge in [-0.05, 0) is 31.2 Å². The van der Waals surface area contributed by atoms with Crippen LogP contribution in [-0.4, -0.2) is 9.97 Å². The molecule has 0 atom stereocenters. The van der Waals surface area contributed by atoms with Gasteiger partial charge in [0.1, 0.15) is 5.82 Å². The van der Waals surface area contributed by atoms with Gasteiger partial charge >= 0.3 is 0 Å². The molecule has 3 N–H and O–H groups in total. The van der Waals surface area contributed by atoms with Crippen LogP contribution in [0, 0.1) is 6.92 Å². The highest BCUT2D eigenvalue weighted by molar-refractivity contribution is 5.49. The molecule has 82 valence electrons. The number of nitrogens with two attached hydrogens (primary N) is 1. The highest BCUT2D eigenvalue weighted by atomic mass is 15.0. The number of anilines is 2. The number of nitrogens with one attached hydrogen (secondary N) is 1. The number of hydrogen-bond donors (Lipinski definition) is 2. The molecule has 0 aliphatic rings. The second-order valence-corrected chi connectivity index (χ2v) is 3.55. The number of nitrogen functional groups attached to an aromatic ring is 1. The van der Waals surface area contributed by atoms with Gasteiger partial charge < -0.3 is 11.1 Å². The minimum atomic E-state index is 0.664. The van der Waals surface area contributed by atoms with E-state index in [-0.39, 0.29) is 0 Å². The van der Waals surface area contributed by atoms with Gasteiger partial charge in [-0.25, -0.2) is 4.98 Å². The summed E-state index contributed by atoms with van der Waals surface area (Å²) in [5.41, 5.74) is 8.23. The molecule has 0 unspecified atom stereocenters. The molecule has 0 saturated carbocycles. The lowest BCUT2D eigenvalue weighted by Gasteiger charge is -2.06. The first kappa shape index (κ1) is 10.4. The number of nitrogens with zero attached hydrogens (tertiary/aromatic N) is 2. The fourth-order valence-corrected chi connectivity index (χ4v) is 1.35. The summed E-state index contributed by atoms with van der Waals surface area (Å²) in [4.78, 5) is 8.54. The zero-order chi connectivity index (χ0) is 11.4. The molecule has 0 fully saturated rings. The fourth-order valence-electron chi connectivity index (χ4n) is 1.35. The Morgan fingerprint density at radius 3 is 2.81 bits per heavy atom. The summed E-state index contributed by atoms with van der Waals surface area (Å²) in [6, 6.07) is 9.55. The highest BCUT2D eigenvalue weighted by Crippen LogP contribution is 2.12. The average Bonchev–Trinajstić information content (AvgIpc) is 2.32. The smallest absolute Gasteiger partial charge is 0.126 e. The van der Waals surface area contributed by atoms with Crippen molar-refractivity contribution in [3.63, 3.8) is 0 Å². The van der Waals surface area contributed by atoms with Crippen LogP contribution in [0.4, 0.5) is 11.5 Å². The maximum atomic E-state index is 5.69. The van der Waals surface area contributed by atoms with Crippen LogP contribution in [0.15, 0.2) is 36.5 Å². The molecule has 2 rings (SSSR count). The van der Waals surface area contributed by atoms with E-state index >= 15 is 0 Å². The molecule has 0 aromatic carbocycles. The molecular weight excluding hydrogens is 200 g/mol. The third-order valence-corrected chi connectivity index (χ3v) is 2.30. The van der Waals surface area contributed by atoms with Crippen LogP contribution >= 0.6 is 0 Å². The first-order valence-electron chi connectivity index (χ1n) is 5.12. The average molecular weight is 214 g/mol. The third kappa shape index (κ3) is 2.48. The molecule has 0 bridgehead atoms. The Balaban J connectivity index is 2.03. The lowest BCUT2D eigenvalue weighted by atomic mass is 10.3. The van der Waals surface area contributed by atoms with E-state index in [9.17, 15) is 0 Å². The van der Waals surface area contributed by atoms with Gasteiger partial charge in [0.25, 0.3) is 0 Å². The van der Waals surface area contributed by atoms with Crippen molar-refractivity contribution >= 4 is 11.5 Å². The second kappa shape index (κ2) is 4.61. The van der Waals surface area contributed by atoms with Crippen molar-refractivity contribution in [1.82, 2.24) is 9.97 Å². The summed E-state index contributed by atoms with van der Waals surface area (Å²) in [6.45, 7) is 2.55. The van der Waals surface area contributed by atoms with E-state index in [0.717, 1.165) is 17.2 Å². The number of pyridine rings is 2. The SMILES string of the molecule is Cc1nc(NCc2ccccn2)ccc1N. The Morgan fingerprint density at radius 1 is 1.25 bits per heavy atom. The predicted octanol–water partition coefficient (Wildman–Crippen LogP) is 1.98. The summed E-state index contributed by atoms with van der Waals surface area (Å²) in [5.74, 6) is 0.817. The number of aromatic nitrogens is 2. The van der Waals surface area contributed by atoms with Gasteiger partial charge in [-0.1, -0.05) is 6.07 Å². The van der Waals surface area contributed by atoms with Gasteiger partial charge in [-0.2, -0.15) is 0 Å². The standard InChI is InChI=1S/C12H14N4/c1-9-11(13)5-6-12(16-9)15-8-10-4-2-3-7-14-10/h2-7H,8,13H2,1H3,(H,15,16). The third-order valence-electron chi connectivity index (χ3n) is 2.30. The molecule has 2 aromatic rings. The van der Waals surface area contributed by atoms with E-state index in [2.05, 4.69) is 15.3 Å². The summed E-state index contributed by atoms with van der Waals surface area (Å²) >= 11 is 0. The van der Waals surface area contributed by atoms with E-state index in [1.54, 1.807) is 6.20 Å². The van der Waals surface area contributed by atoms with Crippen LogP contribution in [0.2, 0.25) is 0 Å². The maximum absolute atomic E-state index is 5.69. The van der Waals surface area contributed by atoms with Crippen molar-refractivity contribution in [3.8, 4) is 0 Å². The zero-order valence-electron chi connectivity index (χ0n) is 9.14. The zero-order valence-corrected chi connectivity index (χ0v) is 9.14. The Morgan fingerprint density at radius 2 is 2.12 bits per heavy atom. The van der Waals surface area contributed by atoms with Gasteiger partial charge in [0.15, 0.2) is 0 Å². The lowest BCUT2D eigenvalue weighted by Crippen LogP contribution is -2.04. The van der Waals surface area contributed by atoms with Gasteiger partial charge in [0.05, 0.1) is 23.6 Å². The minimum absolute atomic E-state index is 0.664. The Labute approximate surface area is 94.5 Å². The van der Waals surface area contributed by atoms with Gasteiger partial charge in [0, 0.05) is 6.20 Å². The van der Waals surface area contributed by atoms with Crippen molar-refractivity contribution in [2.75, 3.05) is 11.1 Å². The van der Waals surface area contributed by atoms with Crippen LogP contribution in [0.25, 0.3) is 0 Å². The number of rotatable bonds is 3. The lowest BCUT2D eigenvalue weighted by molar-refractivity contribution is 1.02. The molecule has 0 spiro atoms. The first-order valence-corrected chi connectivity index (χ1v) is 5.12. The van der Waals surface area contributed by atoms with E-state index in [1.165, 1.54) is 0 Å². The van der Waals surface area contributed by atoms with Crippen LogP contribution in [0.5, 0.6) is 0 Å². The molecule has 2 aromatic heterocycles. The van der Waals surface area contributed by atoms with E-state index in [4.69, 9.17) is 5.73 Å². The summed E-state index contributed by atoms with van der Waals surface area (Å²) in [7, 11) is 0. The molecule has 0 radical (unpaired) electrons. The summed E-state index contributed by atoms with van der Waals surface area (Å²) < 4.78 is 0. The monoisotopic (exact) mass is 214 g/mol. The van der Waals surface area contributed by atoms with Crippen LogP contribution in [0.1, 0.15) is 11.4 Å².